The Bertz CT molecular complexity index is 159. The van der Waals surface area contributed by atoms with E-state index < -0.39 is 0 Å². The summed E-state index contributed by atoms with van der Waals surface area (Å²) in [5.41, 5.74) is -0.0324. The van der Waals surface area contributed by atoms with Crippen molar-refractivity contribution in [3.63, 3.8) is 0 Å². The highest BCUT2D eigenvalue weighted by molar-refractivity contribution is 5.83. The van der Waals surface area contributed by atoms with E-state index in [9.17, 15) is 4.79 Å². The molecule has 0 aromatic heterocycles. The van der Waals surface area contributed by atoms with Gasteiger partial charge in [0, 0.05) is 5.41 Å². The molecule has 0 unspecified atom stereocenters. The summed E-state index contributed by atoms with van der Waals surface area (Å²) in [6.45, 7) is 16.4. The quantitative estimate of drug-likeness (QED) is 0.657. The standard InChI is InChI=1S/C11H22O.C2H6/c1-7-11(8-2,9(3)12)10(4,5)6;1-2/h7-8H2,1-6H3;1-2H3. The van der Waals surface area contributed by atoms with Gasteiger partial charge in [-0.1, -0.05) is 48.5 Å². The van der Waals surface area contributed by atoms with Crippen LogP contribution >= 0.6 is 0 Å². The molecule has 1 nitrogen and oxygen atoms in total. The fourth-order valence-corrected chi connectivity index (χ4v) is 2.34. The molecule has 0 aromatic rings. The summed E-state index contributed by atoms with van der Waals surface area (Å²) in [6, 6.07) is 0. The van der Waals surface area contributed by atoms with Crippen molar-refractivity contribution >= 4 is 5.78 Å². The molecular formula is C13H28O. The van der Waals surface area contributed by atoms with E-state index in [1.807, 2.05) is 13.8 Å². The SMILES string of the molecule is CC.CCC(CC)(C(C)=O)C(C)(C)C. The smallest absolute Gasteiger partial charge is 0.136 e. The molecule has 86 valence electrons. The van der Waals surface area contributed by atoms with Crippen molar-refractivity contribution in [2.45, 2.75) is 68.2 Å². The average molecular weight is 200 g/mol. The fourth-order valence-electron chi connectivity index (χ4n) is 2.34. The van der Waals surface area contributed by atoms with Gasteiger partial charge in [0.05, 0.1) is 0 Å². The van der Waals surface area contributed by atoms with Crippen molar-refractivity contribution in [3.8, 4) is 0 Å². The fraction of sp³-hybridized carbons (Fsp3) is 0.923. The van der Waals surface area contributed by atoms with Crippen molar-refractivity contribution < 1.29 is 4.79 Å². The van der Waals surface area contributed by atoms with Gasteiger partial charge in [-0.05, 0) is 25.2 Å². The Labute approximate surface area is 90.3 Å². The lowest BCUT2D eigenvalue weighted by atomic mass is 9.61. The largest absolute Gasteiger partial charge is 0.299 e. The van der Waals surface area contributed by atoms with E-state index in [1.165, 1.54) is 0 Å². The van der Waals surface area contributed by atoms with Gasteiger partial charge < -0.3 is 0 Å². The number of hydrogen-bond acceptors (Lipinski definition) is 1. The zero-order chi connectivity index (χ0) is 12.0. The van der Waals surface area contributed by atoms with E-state index in [4.69, 9.17) is 0 Å². The Balaban J connectivity index is 0. The van der Waals surface area contributed by atoms with Gasteiger partial charge in [-0.2, -0.15) is 0 Å². The molecule has 0 N–H and O–H groups in total. The van der Waals surface area contributed by atoms with Crippen LogP contribution in [0.25, 0.3) is 0 Å². The van der Waals surface area contributed by atoms with Gasteiger partial charge in [0.2, 0.25) is 0 Å². The second-order valence-electron chi connectivity index (χ2n) is 4.60. The lowest BCUT2D eigenvalue weighted by Crippen LogP contribution is -2.40. The predicted octanol–water partition coefficient (Wildman–Crippen LogP) is 4.45. The van der Waals surface area contributed by atoms with E-state index in [2.05, 4.69) is 34.6 Å². The molecule has 1 heteroatoms. The van der Waals surface area contributed by atoms with E-state index in [0.29, 0.717) is 5.78 Å². The topological polar surface area (TPSA) is 17.1 Å². The van der Waals surface area contributed by atoms with Gasteiger partial charge in [-0.15, -0.1) is 0 Å². The molecule has 0 aliphatic rings. The Kier molecular flexibility index (Phi) is 7.15. The van der Waals surface area contributed by atoms with Crippen molar-refractivity contribution in [2.24, 2.45) is 10.8 Å². The molecule has 0 aliphatic heterocycles. The van der Waals surface area contributed by atoms with Crippen LogP contribution in [0.5, 0.6) is 0 Å². The minimum absolute atomic E-state index is 0.0856. The zero-order valence-corrected chi connectivity index (χ0v) is 11.3. The van der Waals surface area contributed by atoms with Crippen LogP contribution < -0.4 is 0 Å². The summed E-state index contributed by atoms with van der Waals surface area (Å²) in [5, 5.41) is 0. The number of hydrogen-bond donors (Lipinski definition) is 0. The molecule has 0 aromatic carbocycles. The van der Waals surface area contributed by atoms with Crippen LogP contribution in [0.15, 0.2) is 0 Å². The van der Waals surface area contributed by atoms with Crippen molar-refractivity contribution in [2.75, 3.05) is 0 Å². The van der Waals surface area contributed by atoms with Crippen LogP contribution in [0.2, 0.25) is 0 Å². The van der Waals surface area contributed by atoms with Gasteiger partial charge in [0.25, 0.3) is 0 Å². The molecule has 0 saturated carbocycles. The summed E-state index contributed by atoms with van der Waals surface area (Å²) in [7, 11) is 0. The monoisotopic (exact) mass is 200 g/mol. The highest BCUT2D eigenvalue weighted by atomic mass is 16.1. The third-order valence-corrected chi connectivity index (χ3v) is 3.32. The van der Waals surface area contributed by atoms with Crippen LogP contribution in [0.1, 0.15) is 68.2 Å². The maximum Gasteiger partial charge on any atom is 0.136 e. The summed E-state index contributed by atoms with van der Waals surface area (Å²) in [4.78, 5) is 11.6. The predicted molar refractivity (Wildman–Crippen MR) is 64.5 cm³/mol. The molecule has 0 radical (unpaired) electrons. The van der Waals surface area contributed by atoms with E-state index in [-0.39, 0.29) is 10.8 Å². The van der Waals surface area contributed by atoms with Crippen molar-refractivity contribution in [3.05, 3.63) is 0 Å². The van der Waals surface area contributed by atoms with E-state index in [1.54, 1.807) is 6.92 Å². The van der Waals surface area contributed by atoms with Crippen LogP contribution in [0.4, 0.5) is 0 Å². The molecule has 0 aliphatic carbocycles. The Morgan fingerprint density at radius 2 is 1.29 bits per heavy atom. The summed E-state index contributed by atoms with van der Waals surface area (Å²) in [5.74, 6) is 0.333. The van der Waals surface area contributed by atoms with Gasteiger partial charge in [-0.25, -0.2) is 0 Å². The molecule has 0 spiro atoms. The molecule has 0 heterocycles. The highest BCUT2D eigenvalue weighted by Crippen LogP contribution is 2.44. The second-order valence-corrected chi connectivity index (χ2v) is 4.60. The Morgan fingerprint density at radius 3 is 1.29 bits per heavy atom. The molecule has 14 heavy (non-hydrogen) atoms. The van der Waals surface area contributed by atoms with Crippen molar-refractivity contribution in [1.29, 1.82) is 0 Å². The normalized spacial score (nSPS) is 11.7. The summed E-state index contributed by atoms with van der Waals surface area (Å²) < 4.78 is 0. The van der Waals surface area contributed by atoms with Crippen LogP contribution in [-0.4, -0.2) is 5.78 Å². The maximum atomic E-state index is 11.6. The summed E-state index contributed by atoms with van der Waals surface area (Å²) >= 11 is 0. The number of carbonyl (C=O) groups excluding carboxylic acids is 1. The maximum absolute atomic E-state index is 11.6. The molecule has 0 saturated heterocycles. The second kappa shape index (κ2) is 6.21. The average Bonchev–Trinajstić information content (AvgIpc) is 2.08. The van der Waals surface area contributed by atoms with Crippen LogP contribution in [0, 0.1) is 10.8 Å². The number of Topliss-reactive ketones (excluding diaryl/α,β-unsaturated/α-hetero) is 1. The van der Waals surface area contributed by atoms with Crippen molar-refractivity contribution in [1.82, 2.24) is 0 Å². The number of rotatable bonds is 3. The molecule has 0 amide bonds. The number of carbonyl (C=O) groups is 1. The first-order valence-electron chi connectivity index (χ1n) is 5.83. The third kappa shape index (κ3) is 3.11. The number of ketones is 1. The molecule has 0 bridgehead atoms. The van der Waals surface area contributed by atoms with Crippen LogP contribution in [0.3, 0.4) is 0 Å². The zero-order valence-electron chi connectivity index (χ0n) is 11.3. The molecule has 0 fully saturated rings. The van der Waals surface area contributed by atoms with Gasteiger partial charge in [0.15, 0.2) is 0 Å². The molecule has 0 rings (SSSR count). The van der Waals surface area contributed by atoms with Gasteiger partial charge in [-0.3, -0.25) is 4.79 Å². The van der Waals surface area contributed by atoms with Gasteiger partial charge in [0.1, 0.15) is 5.78 Å². The molecule has 0 atom stereocenters. The minimum Gasteiger partial charge on any atom is -0.299 e. The first-order valence-corrected chi connectivity index (χ1v) is 5.83. The highest BCUT2D eigenvalue weighted by Gasteiger charge is 2.42. The Hall–Kier alpha value is -0.330. The van der Waals surface area contributed by atoms with Gasteiger partial charge >= 0.3 is 0 Å². The Morgan fingerprint density at radius 1 is 1.00 bits per heavy atom. The first-order chi connectivity index (χ1) is 6.31. The lowest BCUT2D eigenvalue weighted by Gasteiger charge is -2.41. The summed E-state index contributed by atoms with van der Waals surface area (Å²) in [6.07, 6.45) is 1.89. The third-order valence-electron chi connectivity index (χ3n) is 3.32. The molecular weight excluding hydrogens is 172 g/mol. The minimum atomic E-state index is -0.118. The lowest BCUT2D eigenvalue weighted by molar-refractivity contribution is -0.133. The van der Waals surface area contributed by atoms with E-state index in [0.717, 1.165) is 12.8 Å². The first kappa shape index (κ1) is 16.1. The van der Waals surface area contributed by atoms with Crippen LogP contribution in [-0.2, 0) is 4.79 Å². The van der Waals surface area contributed by atoms with E-state index >= 15 is 0 Å².